The third-order valence-electron chi connectivity index (χ3n) is 4.96. The standard InChI is InChI=1S/C21H27FN4O5S/c1-13-3-4-15(16(22)9-13)12-31-18-17(20(27)28)19(32-25-18)24-21(29)23-10-14(2)11-26-5-7-30-8-6-26/h3-4,9,14H,5-8,10-12H2,1-2H3,(H,27,28)(H2,23,24,29). The van der Waals surface area contributed by atoms with E-state index in [0.717, 1.165) is 36.7 Å². The van der Waals surface area contributed by atoms with Crippen LogP contribution < -0.4 is 15.4 Å². The van der Waals surface area contributed by atoms with Crippen molar-refractivity contribution < 1.29 is 28.6 Å². The summed E-state index contributed by atoms with van der Waals surface area (Å²) in [6, 6.07) is 4.15. The number of amides is 2. The smallest absolute Gasteiger partial charge is 0.344 e. The summed E-state index contributed by atoms with van der Waals surface area (Å²) in [5, 5.41) is 14.9. The van der Waals surface area contributed by atoms with Crippen LogP contribution in [-0.4, -0.2) is 65.8 Å². The average molecular weight is 467 g/mol. The molecule has 2 aromatic rings. The third-order valence-corrected chi connectivity index (χ3v) is 5.71. The van der Waals surface area contributed by atoms with Gasteiger partial charge in [0.05, 0.1) is 13.2 Å². The van der Waals surface area contributed by atoms with Crippen LogP contribution in [0.5, 0.6) is 5.88 Å². The summed E-state index contributed by atoms with van der Waals surface area (Å²) < 4.78 is 28.7. The van der Waals surface area contributed by atoms with Gasteiger partial charge in [0.1, 0.15) is 17.4 Å². The zero-order chi connectivity index (χ0) is 23.1. The van der Waals surface area contributed by atoms with Gasteiger partial charge in [-0.05, 0) is 36.0 Å². The van der Waals surface area contributed by atoms with Crippen LogP contribution in [0.3, 0.4) is 0 Å². The van der Waals surface area contributed by atoms with Gasteiger partial charge in [-0.2, -0.15) is 4.37 Å². The summed E-state index contributed by atoms with van der Waals surface area (Å²) in [5.74, 6) is -1.70. The fourth-order valence-electron chi connectivity index (χ4n) is 3.27. The van der Waals surface area contributed by atoms with Gasteiger partial charge in [0.25, 0.3) is 0 Å². The van der Waals surface area contributed by atoms with Crippen molar-refractivity contribution in [2.75, 3.05) is 44.7 Å². The van der Waals surface area contributed by atoms with E-state index >= 15 is 0 Å². The van der Waals surface area contributed by atoms with Gasteiger partial charge >= 0.3 is 12.0 Å². The maximum Gasteiger partial charge on any atom is 0.344 e. The minimum absolute atomic E-state index is 0.0511. The first-order chi connectivity index (χ1) is 15.3. The quantitative estimate of drug-likeness (QED) is 0.521. The molecule has 0 spiro atoms. The number of nitrogens with zero attached hydrogens (tertiary/aromatic N) is 2. The molecule has 0 bridgehead atoms. The zero-order valence-electron chi connectivity index (χ0n) is 18.0. The van der Waals surface area contributed by atoms with Crippen LogP contribution >= 0.6 is 11.5 Å². The molecule has 0 saturated carbocycles. The molecule has 1 aromatic carbocycles. The van der Waals surface area contributed by atoms with E-state index in [2.05, 4.69) is 19.9 Å². The molecule has 1 atom stereocenters. The highest BCUT2D eigenvalue weighted by Gasteiger charge is 2.24. The molecule has 0 radical (unpaired) electrons. The number of carbonyl (C=O) groups is 2. The van der Waals surface area contributed by atoms with Gasteiger partial charge in [-0.1, -0.05) is 19.1 Å². The lowest BCUT2D eigenvalue weighted by Gasteiger charge is -2.29. The number of benzene rings is 1. The van der Waals surface area contributed by atoms with Crippen molar-refractivity contribution in [3.63, 3.8) is 0 Å². The molecule has 0 aliphatic carbocycles. The minimum atomic E-state index is -1.30. The Bertz CT molecular complexity index is 948. The van der Waals surface area contributed by atoms with E-state index in [4.69, 9.17) is 9.47 Å². The van der Waals surface area contributed by atoms with Gasteiger partial charge in [-0.3, -0.25) is 10.2 Å². The number of anilines is 1. The predicted molar refractivity (Wildman–Crippen MR) is 118 cm³/mol. The van der Waals surface area contributed by atoms with Gasteiger partial charge < -0.3 is 19.9 Å². The highest BCUT2D eigenvalue weighted by atomic mass is 32.1. The van der Waals surface area contributed by atoms with E-state index in [1.165, 1.54) is 6.07 Å². The monoisotopic (exact) mass is 466 g/mol. The minimum Gasteiger partial charge on any atom is -0.477 e. The molecule has 1 unspecified atom stereocenters. The molecule has 1 aliphatic heterocycles. The molecule has 174 valence electrons. The summed E-state index contributed by atoms with van der Waals surface area (Å²) >= 11 is 0.794. The number of hydrogen-bond acceptors (Lipinski definition) is 7. The first kappa shape index (κ1) is 23.9. The van der Waals surface area contributed by atoms with Crippen LogP contribution in [0.25, 0.3) is 0 Å². The van der Waals surface area contributed by atoms with Crippen LogP contribution in [0.4, 0.5) is 14.2 Å². The topological polar surface area (TPSA) is 113 Å². The Kier molecular flexibility index (Phi) is 8.37. The van der Waals surface area contributed by atoms with Crippen molar-refractivity contribution in [1.82, 2.24) is 14.6 Å². The number of rotatable bonds is 9. The molecular weight excluding hydrogens is 439 g/mol. The number of aromatic carboxylic acids is 1. The maximum absolute atomic E-state index is 14.0. The van der Waals surface area contributed by atoms with Gasteiger partial charge in [0.15, 0.2) is 5.56 Å². The summed E-state index contributed by atoms with van der Waals surface area (Å²) in [7, 11) is 0. The second kappa shape index (κ2) is 11.2. The molecule has 3 N–H and O–H groups in total. The maximum atomic E-state index is 14.0. The Morgan fingerprint density at radius 1 is 1.38 bits per heavy atom. The first-order valence-electron chi connectivity index (χ1n) is 10.3. The van der Waals surface area contributed by atoms with E-state index < -0.39 is 17.8 Å². The van der Waals surface area contributed by atoms with E-state index in [-0.39, 0.29) is 34.5 Å². The van der Waals surface area contributed by atoms with Crippen LogP contribution in [0.1, 0.15) is 28.4 Å². The summed E-state index contributed by atoms with van der Waals surface area (Å²) in [5.41, 5.74) is 0.781. The number of nitrogens with one attached hydrogen (secondary N) is 2. The van der Waals surface area contributed by atoms with E-state index in [9.17, 15) is 19.1 Å². The normalized spacial score (nSPS) is 15.2. The number of halogens is 1. The molecule has 1 aromatic heterocycles. The van der Waals surface area contributed by atoms with Crippen molar-refractivity contribution in [2.45, 2.75) is 20.5 Å². The second-order valence-electron chi connectivity index (χ2n) is 7.73. The van der Waals surface area contributed by atoms with E-state index in [0.29, 0.717) is 19.8 Å². The molecule has 1 saturated heterocycles. The van der Waals surface area contributed by atoms with E-state index in [1.54, 1.807) is 19.1 Å². The number of carbonyl (C=O) groups excluding carboxylic acids is 1. The number of carboxylic acids is 1. The lowest BCUT2D eigenvalue weighted by Crippen LogP contribution is -2.42. The molecule has 2 heterocycles. The van der Waals surface area contributed by atoms with Crippen molar-refractivity contribution in [2.24, 2.45) is 5.92 Å². The predicted octanol–water partition coefficient (Wildman–Crippen LogP) is 2.96. The molecule has 11 heteroatoms. The van der Waals surface area contributed by atoms with Gasteiger partial charge in [0, 0.05) is 31.7 Å². The third kappa shape index (κ3) is 6.62. The van der Waals surface area contributed by atoms with Crippen molar-refractivity contribution in [1.29, 1.82) is 0 Å². The highest BCUT2D eigenvalue weighted by molar-refractivity contribution is 7.11. The Morgan fingerprint density at radius 2 is 2.12 bits per heavy atom. The summed E-state index contributed by atoms with van der Waals surface area (Å²) in [6.07, 6.45) is 0. The molecule has 1 aliphatic rings. The highest BCUT2D eigenvalue weighted by Crippen LogP contribution is 2.31. The van der Waals surface area contributed by atoms with Crippen molar-refractivity contribution in [3.8, 4) is 5.88 Å². The Hall–Kier alpha value is -2.76. The number of carboxylic acid groups (broad SMARTS) is 1. The zero-order valence-corrected chi connectivity index (χ0v) is 18.8. The molecule has 9 nitrogen and oxygen atoms in total. The molecule has 32 heavy (non-hydrogen) atoms. The van der Waals surface area contributed by atoms with Crippen molar-refractivity contribution >= 4 is 28.5 Å². The van der Waals surface area contributed by atoms with Crippen LogP contribution in [0, 0.1) is 18.7 Å². The number of urea groups is 1. The Morgan fingerprint density at radius 3 is 2.81 bits per heavy atom. The fraction of sp³-hybridized carbons (Fsp3) is 0.476. The number of morpholine rings is 1. The summed E-state index contributed by atoms with van der Waals surface area (Å²) in [4.78, 5) is 26.3. The number of ether oxygens (including phenoxy) is 2. The van der Waals surface area contributed by atoms with Crippen LogP contribution in [0.15, 0.2) is 18.2 Å². The van der Waals surface area contributed by atoms with Gasteiger partial charge in [0.2, 0.25) is 5.88 Å². The van der Waals surface area contributed by atoms with Crippen LogP contribution in [-0.2, 0) is 11.3 Å². The van der Waals surface area contributed by atoms with E-state index in [1.807, 2.05) is 6.92 Å². The molecule has 2 amide bonds. The second-order valence-corrected chi connectivity index (χ2v) is 8.51. The lowest BCUT2D eigenvalue weighted by molar-refractivity contribution is 0.0320. The molecule has 1 fully saturated rings. The Balaban J connectivity index is 1.54. The molecule has 3 rings (SSSR count). The van der Waals surface area contributed by atoms with Gasteiger partial charge in [-0.15, -0.1) is 0 Å². The SMILES string of the molecule is Cc1ccc(COc2nsc(NC(=O)NCC(C)CN3CCOCC3)c2C(=O)O)c(F)c1. The summed E-state index contributed by atoms with van der Waals surface area (Å²) in [6.45, 7) is 8.04. The fourth-order valence-corrected chi connectivity index (χ4v) is 3.99. The average Bonchev–Trinajstić information content (AvgIpc) is 3.15. The largest absolute Gasteiger partial charge is 0.477 e. The first-order valence-corrected chi connectivity index (χ1v) is 11.1. The number of aromatic nitrogens is 1. The van der Waals surface area contributed by atoms with Gasteiger partial charge in [-0.25, -0.2) is 14.0 Å². The number of hydrogen-bond donors (Lipinski definition) is 3. The Labute approximate surface area is 189 Å². The number of aryl methyl sites for hydroxylation is 1. The lowest BCUT2D eigenvalue weighted by atomic mass is 10.1. The van der Waals surface area contributed by atoms with Crippen molar-refractivity contribution in [3.05, 3.63) is 40.7 Å². The molecular formula is C21H27FN4O5S. The van der Waals surface area contributed by atoms with Crippen LogP contribution in [0.2, 0.25) is 0 Å².